The second kappa shape index (κ2) is 51.1. The molecule has 0 radical (unpaired) electrons. The van der Waals surface area contributed by atoms with Crippen molar-refractivity contribution in [2.75, 3.05) is 79.3 Å². The van der Waals surface area contributed by atoms with E-state index in [-0.39, 0.29) is 162 Å². The first kappa shape index (κ1) is 93.0. The van der Waals surface area contributed by atoms with Crippen LogP contribution in [0.1, 0.15) is 309 Å². The molecule has 23 heteroatoms. The maximum absolute atomic E-state index is 12.7. The Morgan fingerprint density at radius 1 is 0.266 bits per heavy atom. The van der Waals surface area contributed by atoms with Gasteiger partial charge in [-0.3, -0.25) is 47.9 Å². The van der Waals surface area contributed by atoms with Crippen LogP contribution in [0.25, 0.3) is 0 Å². The Labute approximate surface area is 649 Å². The van der Waals surface area contributed by atoms with Crippen LogP contribution < -0.4 is 0 Å². The summed E-state index contributed by atoms with van der Waals surface area (Å²) >= 11 is 0. The van der Waals surface area contributed by atoms with Gasteiger partial charge < -0.3 is 57.2 Å². The molecule has 0 unspecified atom stereocenters. The molecule has 1 N–H and O–H groups in total. The number of carbonyl (C=O) groups excluding carboxylic acids is 11. The SMILES string of the molecule is CCC(CO)(COC(=O)C1CCCCC1)COC(=O)C1CCCCC1.CCC(COC(=O)C1CCCCC1)(COC(=O)C1CCCCC1)COC(=O)C1CCCCC1.CCC(COC(C)=O)(COC(=O)C1CCCCC1)COC(=O)C1CCCCC1.CCC(COC(C)=O)(COC(C)=O)COC(=O)c1ccccc1. The minimum Gasteiger partial charge on any atom is -0.465 e. The van der Waals surface area contributed by atoms with Crippen LogP contribution in [0.5, 0.6) is 0 Å². The summed E-state index contributed by atoms with van der Waals surface area (Å²) in [5, 5.41) is 9.84. The second-order valence-electron chi connectivity index (χ2n) is 32.5. The van der Waals surface area contributed by atoms with Crippen LogP contribution >= 0.6 is 0 Å². The van der Waals surface area contributed by atoms with E-state index < -0.39 is 45.5 Å². The molecule has 7 saturated carbocycles. The molecule has 23 nitrogen and oxygen atoms in total. The third kappa shape index (κ3) is 34.5. The average Bonchev–Trinajstić information content (AvgIpc) is 0.805. The van der Waals surface area contributed by atoms with Crippen molar-refractivity contribution < 1.29 is 110 Å². The summed E-state index contributed by atoms with van der Waals surface area (Å²) in [5.41, 5.74) is -2.41. The van der Waals surface area contributed by atoms with E-state index in [1.54, 1.807) is 30.3 Å². The predicted molar refractivity (Wildman–Crippen MR) is 407 cm³/mol. The molecule has 8 rings (SSSR count). The van der Waals surface area contributed by atoms with Gasteiger partial charge in [0.25, 0.3) is 0 Å². The molecule has 0 atom stereocenters. The third-order valence-electron chi connectivity index (χ3n) is 23.8. The highest BCUT2D eigenvalue weighted by molar-refractivity contribution is 5.89. The number of aliphatic hydroxyl groups excluding tert-OH is 1. The summed E-state index contributed by atoms with van der Waals surface area (Å²) < 4.78 is 60.3. The molecule has 0 bridgehead atoms. The van der Waals surface area contributed by atoms with Gasteiger partial charge in [-0.15, -0.1) is 0 Å². The molecule has 0 saturated heterocycles. The van der Waals surface area contributed by atoms with Crippen molar-refractivity contribution in [3.05, 3.63) is 35.9 Å². The number of aliphatic hydroxyl groups is 1. The molecular formula is C86H136O23. The Morgan fingerprint density at radius 2 is 0.440 bits per heavy atom. The zero-order valence-electron chi connectivity index (χ0n) is 67.4. The van der Waals surface area contributed by atoms with Crippen molar-refractivity contribution in [1.82, 2.24) is 0 Å². The second-order valence-corrected chi connectivity index (χ2v) is 32.5. The summed E-state index contributed by atoms with van der Waals surface area (Å²) in [6.07, 6.45) is 37.9. The fraction of sp³-hybridized carbons (Fsp3) is 0.802. The van der Waals surface area contributed by atoms with E-state index in [1.807, 2.05) is 27.7 Å². The van der Waals surface area contributed by atoms with Crippen LogP contribution in [0, 0.1) is 63.1 Å². The normalized spacial score (nSPS) is 18.3. The number of carbonyl (C=O) groups is 11. The van der Waals surface area contributed by atoms with Crippen molar-refractivity contribution >= 4 is 65.7 Å². The van der Waals surface area contributed by atoms with E-state index in [9.17, 15) is 57.8 Å². The lowest BCUT2D eigenvalue weighted by molar-refractivity contribution is -0.170. The summed E-state index contributed by atoms with van der Waals surface area (Å²) in [7, 11) is 0. The number of hydrogen-bond acceptors (Lipinski definition) is 23. The molecule has 0 heterocycles. The van der Waals surface area contributed by atoms with Gasteiger partial charge in [-0.1, -0.05) is 181 Å². The topological polar surface area (TPSA) is 310 Å². The maximum Gasteiger partial charge on any atom is 0.338 e. The molecule has 1 aromatic carbocycles. The first-order chi connectivity index (χ1) is 52.5. The minimum absolute atomic E-state index is 0.00760. The van der Waals surface area contributed by atoms with E-state index in [4.69, 9.17) is 52.1 Å². The molecule has 0 spiro atoms. The minimum atomic E-state index is -0.762. The number of hydrogen-bond donors (Lipinski definition) is 1. The summed E-state index contributed by atoms with van der Waals surface area (Å²) in [6.45, 7) is 12.4. The average molecular weight is 1540 g/mol. The molecule has 7 aliphatic carbocycles. The van der Waals surface area contributed by atoms with Crippen LogP contribution in [0.4, 0.5) is 0 Å². The van der Waals surface area contributed by atoms with Crippen LogP contribution in [0.2, 0.25) is 0 Å². The van der Waals surface area contributed by atoms with Gasteiger partial charge in [0, 0.05) is 20.8 Å². The van der Waals surface area contributed by atoms with Crippen molar-refractivity contribution in [2.24, 2.45) is 63.1 Å². The van der Waals surface area contributed by atoms with Gasteiger partial charge in [0.2, 0.25) is 0 Å². The molecule has 109 heavy (non-hydrogen) atoms. The first-order valence-corrected chi connectivity index (χ1v) is 41.9. The summed E-state index contributed by atoms with van der Waals surface area (Å²) in [6, 6.07) is 8.57. The van der Waals surface area contributed by atoms with Gasteiger partial charge in [0.1, 0.15) is 72.7 Å². The van der Waals surface area contributed by atoms with E-state index in [0.717, 1.165) is 180 Å². The molecule has 0 aliphatic heterocycles. The predicted octanol–water partition coefficient (Wildman–Crippen LogP) is 15.9. The number of benzene rings is 1. The molecule has 7 aliphatic rings. The van der Waals surface area contributed by atoms with Gasteiger partial charge in [0.15, 0.2) is 0 Å². The highest BCUT2D eigenvalue weighted by Crippen LogP contribution is 2.36. The quantitative estimate of drug-likeness (QED) is 0.0487. The lowest BCUT2D eigenvalue weighted by Crippen LogP contribution is -2.41. The van der Waals surface area contributed by atoms with Crippen LogP contribution in [-0.2, 0) is 100 Å². The Kier molecular flexibility index (Phi) is 43.6. The molecule has 1 aromatic rings. The third-order valence-corrected chi connectivity index (χ3v) is 23.8. The Bertz CT molecular complexity index is 2690. The van der Waals surface area contributed by atoms with Crippen molar-refractivity contribution in [3.63, 3.8) is 0 Å². The van der Waals surface area contributed by atoms with Crippen molar-refractivity contribution in [3.8, 4) is 0 Å². The molecule has 0 amide bonds. The van der Waals surface area contributed by atoms with Gasteiger partial charge in [0.05, 0.1) is 75.3 Å². The van der Waals surface area contributed by atoms with Crippen LogP contribution in [0.3, 0.4) is 0 Å². The molecule has 0 aromatic heterocycles. The van der Waals surface area contributed by atoms with Crippen LogP contribution in [-0.4, -0.2) is 150 Å². The number of esters is 11. The number of rotatable bonds is 35. The van der Waals surface area contributed by atoms with E-state index in [0.29, 0.717) is 31.2 Å². The van der Waals surface area contributed by atoms with Gasteiger partial charge >= 0.3 is 65.7 Å². The monoisotopic (exact) mass is 1540 g/mol. The van der Waals surface area contributed by atoms with E-state index in [1.165, 1.54) is 65.7 Å². The Hall–Kier alpha value is -6.65. The molecule has 618 valence electrons. The zero-order valence-corrected chi connectivity index (χ0v) is 67.4. The fourth-order valence-corrected chi connectivity index (χ4v) is 15.1. The standard InChI is InChI=1S/C27H44O6.C22H36O6.C20H34O5.C17H22O6/c1-2-27(18-31-24(28)21-12-6-3-7-13-21,19-32-25(29)22-14-8-4-9-15-22)20-33-26(30)23-16-10-5-11-17-23;1-3-22(14-26-17(2)23,15-27-20(24)18-10-6-4-7-11-18)16-28-21(25)19-12-8-5-9-13-19;1-2-20(13-21,14-24-18(22)16-9-5-3-6-10-16)15-25-19(23)17-11-7-4-8-12-17;1-4-17(10-21-13(2)18,11-22-14(3)19)12-23-16(20)15-8-6-5-7-9-15/h21-23H,2-20H2,1H3;18-19H,3-16H2,1-2H3;16-17,21H,2-15H2,1H3;5-9H,4,10-12H2,1-3H3. The molecule has 7 fully saturated rings. The van der Waals surface area contributed by atoms with Crippen LogP contribution in [0.15, 0.2) is 30.3 Å². The van der Waals surface area contributed by atoms with Crippen molar-refractivity contribution in [1.29, 1.82) is 0 Å². The Morgan fingerprint density at radius 3 is 0.615 bits per heavy atom. The first-order valence-electron chi connectivity index (χ1n) is 41.9. The fourth-order valence-electron chi connectivity index (χ4n) is 15.1. The maximum atomic E-state index is 12.7. The molecular weight excluding hydrogens is 1400 g/mol. The largest absolute Gasteiger partial charge is 0.465 e. The van der Waals surface area contributed by atoms with E-state index >= 15 is 0 Å². The lowest BCUT2D eigenvalue weighted by atomic mass is 9.86. The lowest BCUT2D eigenvalue weighted by Gasteiger charge is -2.33. The van der Waals surface area contributed by atoms with Crippen molar-refractivity contribution in [2.45, 2.75) is 299 Å². The van der Waals surface area contributed by atoms with Gasteiger partial charge in [-0.2, -0.15) is 0 Å². The van der Waals surface area contributed by atoms with E-state index in [2.05, 4.69) is 0 Å². The zero-order chi connectivity index (χ0) is 79.3. The highest BCUT2D eigenvalue weighted by Gasteiger charge is 2.41. The summed E-state index contributed by atoms with van der Waals surface area (Å²) in [5.74, 6) is -3.15. The van der Waals surface area contributed by atoms with Gasteiger partial charge in [-0.25, -0.2) is 4.79 Å². The summed E-state index contributed by atoms with van der Waals surface area (Å²) in [4.78, 5) is 133. The highest BCUT2D eigenvalue weighted by atomic mass is 16.6. The smallest absolute Gasteiger partial charge is 0.338 e. The van der Waals surface area contributed by atoms with Gasteiger partial charge in [-0.05, 0) is 128 Å². The Balaban J connectivity index is 0.000000263. The number of ether oxygens (including phenoxy) is 11.